The number of benzene rings is 8. The molecule has 256 valence electrons. The predicted molar refractivity (Wildman–Crippen MR) is 228 cm³/mol. The fourth-order valence-corrected chi connectivity index (χ4v) is 7.44. The number of nitrogens with zero attached hydrogens (tertiary/aromatic N) is 4. The highest BCUT2D eigenvalue weighted by Gasteiger charge is 2.16. The van der Waals surface area contributed by atoms with Crippen LogP contribution in [0.3, 0.4) is 0 Å². The highest BCUT2D eigenvalue weighted by molar-refractivity contribution is 6.17. The number of amidine groups is 2. The number of para-hydroxylation sites is 2. The van der Waals surface area contributed by atoms with Crippen molar-refractivity contribution in [2.24, 2.45) is 15.0 Å². The first-order chi connectivity index (χ1) is 26.7. The maximum Gasteiger partial charge on any atom is 0.161 e. The van der Waals surface area contributed by atoms with Crippen molar-refractivity contribution in [1.82, 2.24) is 4.57 Å². The lowest BCUT2D eigenvalue weighted by Crippen LogP contribution is -2.07. The third-order valence-electron chi connectivity index (χ3n) is 9.99. The molecular formula is C50H36N4. The largest absolute Gasteiger partial charge is 0.309 e. The number of fused-ring (bicyclic) bond motifs is 4. The fourth-order valence-electron chi connectivity index (χ4n) is 7.44. The minimum Gasteiger partial charge on any atom is -0.309 e. The molecule has 0 bridgehead atoms. The molecule has 0 fully saturated rings. The van der Waals surface area contributed by atoms with Crippen molar-refractivity contribution in [1.29, 1.82) is 0 Å². The summed E-state index contributed by atoms with van der Waals surface area (Å²) < 4.78 is 2.36. The Morgan fingerprint density at radius 1 is 0.481 bits per heavy atom. The van der Waals surface area contributed by atoms with Crippen molar-refractivity contribution in [2.75, 3.05) is 0 Å². The Morgan fingerprint density at radius 3 is 1.96 bits per heavy atom. The van der Waals surface area contributed by atoms with E-state index in [9.17, 15) is 0 Å². The highest BCUT2D eigenvalue weighted by atomic mass is 15.0. The van der Waals surface area contributed by atoms with Gasteiger partial charge < -0.3 is 4.57 Å². The van der Waals surface area contributed by atoms with Crippen LogP contribution in [-0.4, -0.2) is 23.0 Å². The minimum atomic E-state index is 0.485. The highest BCUT2D eigenvalue weighted by Crippen LogP contribution is 2.38. The summed E-state index contributed by atoms with van der Waals surface area (Å²) in [6.45, 7) is 4.47. The van der Waals surface area contributed by atoms with Crippen LogP contribution in [0.15, 0.2) is 209 Å². The van der Waals surface area contributed by atoms with Gasteiger partial charge in [-0.1, -0.05) is 158 Å². The monoisotopic (exact) mass is 692 g/mol. The van der Waals surface area contributed by atoms with E-state index >= 15 is 0 Å². The van der Waals surface area contributed by atoms with E-state index in [4.69, 9.17) is 9.98 Å². The molecule has 0 spiro atoms. The SMILES string of the molecule is C=N/C(=N\C(=N/Cc1ccccc1)c1ccccc1-c1ccccc1)c1cccc(-c2cccc3cc4c(cc23)c2ccccc2n4-c2ccccc2)c1. The zero-order valence-electron chi connectivity index (χ0n) is 29.7. The van der Waals surface area contributed by atoms with Crippen LogP contribution in [0.2, 0.25) is 0 Å². The molecule has 0 unspecified atom stereocenters. The summed E-state index contributed by atoms with van der Waals surface area (Å²) in [5.41, 5.74) is 10.8. The van der Waals surface area contributed by atoms with E-state index in [0.717, 1.165) is 44.6 Å². The molecule has 0 aliphatic heterocycles. The first kappa shape index (κ1) is 32.7. The molecular weight excluding hydrogens is 657 g/mol. The topological polar surface area (TPSA) is 42.0 Å². The molecule has 0 N–H and O–H groups in total. The maximum atomic E-state index is 5.17. The molecule has 0 amide bonds. The van der Waals surface area contributed by atoms with Gasteiger partial charge in [-0.3, -0.25) is 4.99 Å². The first-order valence-electron chi connectivity index (χ1n) is 18.2. The lowest BCUT2D eigenvalue weighted by molar-refractivity contribution is 1.06. The summed E-state index contributed by atoms with van der Waals surface area (Å²) in [5, 5.41) is 4.81. The van der Waals surface area contributed by atoms with Gasteiger partial charge in [0, 0.05) is 27.6 Å². The van der Waals surface area contributed by atoms with Crippen molar-refractivity contribution in [3.8, 4) is 27.9 Å². The normalized spacial score (nSPS) is 12.1. The molecule has 4 nitrogen and oxygen atoms in total. The van der Waals surface area contributed by atoms with Gasteiger partial charge in [-0.05, 0) is 81.7 Å². The molecule has 9 rings (SSSR count). The summed E-state index contributed by atoms with van der Waals surface area (Å²) in [5.74, 6) is 1.12. The van der Waals surface area contributed by atoms with Crippen molar-refractivity contribution < 1.29 is 0 Å². The summed E-state index contributed by atoms with van der Waals surface area (Å²) >= 11 is 0. The van der Waals surface area contributed by atoms with Crippen LogP contribution < -0.4 is 0 Å². The molecule has 0 atom stereocenters. The van der Waals surface area contributed by atoms with Crippen LogP contribution >= 0.6 is 0 Å². The lowest BCUT2D eigenvalue weighted by Gasteiger charge is -2.13. The second kappa shape index (κ2) is 14.5. The van der Waals surface area contributed by atoms with Crippen LogP contribution in [0, 0.1) is 0 Å². The average molecular weight is 693 g/mol. The van der Waals surface area contributed by atoms with Crippen LogP contribution in [-0.2, 0) is 6.54 Å². The molecule has 1 aromatic heterocycles. The Kier molecular flexibility index (Phi) is 8.76. The lowest BCUT2D eigenvalue weighted by atomic mass is 9.95. The molecule has 0 aliphatic carbocycles. The van der Waals surface area contributed by atoms with Crippen LogP contribution in [0.4, 0.5) is 0 Å². The molecule has 9 aromatic rings. The van der Waals surface area contributed by atoms with Gasteiger partial charge in [-0.2, -0.15) is 0 Å². The Labute approximate surface area is 314 Å². The van der Waals surface area contributed by atoms with Gasteiger partial charge in [-0.15, -0.1) is 0 Å². The van der Waals surface area contributed by atoms with Gasteiger partial charge in [0.15, 0.2) is 11.7 Å². The van der Waals surface area contributed by atoms with E-state index in [0.29, 0.717) is 18.2 Å². The van der Waals surface area contributed by atoms with E-state index in [2.05, 4.69) is 174 Å². The van der Waals surface area contributed by atoms with Crippen molar-refractivity contribution in [2.45, 2.75) is 6.54 Å². The Morgan fingerprint density at radius 2 is 1.15 bits per heavy atom. The van der Waals surface area contributed by atoms with Crippen LogP contribution in [0.1, 0.15) is 16.7 Å². The number of hydrogen-bond acceptors (Lipinski definition) is 1. The summed E-state index contributed by atoms with van der Waals surface area (Å²) in [6.07, 6.45) is 0. The molecule has 54 heavy (non-hydrogen) atoms. The van der Waals surface area contributed by atoms with Gasteiger partial charge in [0.05, 0.1) is 17.6 Å². The third kappa shape index (κ3) is 6.20. The Hall–Kier alpha value is -7.17. The van der Waals surface area contributed by atoms with E-state index < -0.39 is 0 Å². The Balaban J connectivity index is 1.17. The van der Waals surface area contributed by atoms with Crippen molar-refractivity contribution in [3.63, 3.8) is 0 Å². The molecule has 0 aliphatic rings. The molecule has 1 heterocycles. The predicted octanol–water partition coefficient (Wildman–Crippen LogP) is 12.4. The maximum absolute atomic E-state index is 5.17. The van der Waals surface area contributed by atoms with E-state index in [1.807, 2.05) is 36.4 Å². The first-order valence-corrected chi connectivity index (χ1v) is 18.2. The van der Waals surface area contributed by atoms with Crippen LogP contribution in [0.25, 0.3) is 60.5 Å². The van der Waals surface area contributed by atoms with Gasteiger partial charge in [0.1, 0.15) is 0 Å². The summed E-state index contributed by atoms with van der Waals surface area (Å²) in [7, 11) is 0. The van der Waals surface area contributed by atoms with E-state index in [1.165, 1.54) is 32.6 Å². The average Bonchev–Trinajstić information content (AvgIpc) is 3.57. The van der Waals surface area contributed by atoms with E-state index in [1.54, 1.807) is 0 Å². The molecule has 0 saturated carbocycles. The molecule has 0 radical (unpaired) electrons. The molecule has 0 saturated heterocycles. The van der Waals surface area contributed by atoms with Gasteiger partial charge >= 0.3 is 0 Å². The molecule has 4 heteroatoms. The van der Waals surface area contributed by atoms with Gasteiger partial charge in [0.2, 0.25) is 0 Å². The second-order valence-electron chi connectivity index (χ2n) is 13.3. The van der Waals surface area contributed by atoms with Gasteiger partial charge in [-0.25, -0.2) is 9.98 Å². The minimum absolute atomic E-state index is 0.485. The number of aromatic nitrogens is 1. The second-order valence-corrected chi connectivity index (χ2v) is 13.3. The zero-order chi connectivity index (χ0) is 36.3. The third-order valence-corrected chi connectivity index (χ3v) is 9.99. The number of rotatable bonds is 7. The molecule has 8 aromatic carbocycles. The number of hydrogen-bond donors (Lipinski definition) is 0. The van der Waals surface area contributed by atoms with Crippen LogP contribution in [0.5, 0.6) is 0 Å². The van der Waals surface area contributed by atoms with Crippen molar-refractivity contribution >= 4 is 51.0 Å². The summed E-state index contributed by atoms with van der Waals surface area (Å²) in [6, 6.07) is 67.8. The Bertz CT molecular complexity index is 2850. The zero-order valence-corrected chi connectivity index (χ0v) is 29.7. The smallest absolute Gasteiger partial charge is 0.161 e. The fraction of sp³-hybridized carbons (Fsp3) is 0.0200. The summed E-state index contributed by atoms with van der Waals surface area (Å²) in [4.78, 5) is 14.8. The standard InChI is InChI=1S/C50H36N4/c1-51-49(53-50(52-34-35-17-5-2-6-18-35)44-28-12-11-26-41(44)36-19-7-3-8-20-36)39-23-15-21-37(31-39)42-29-16-22-38-32-48-46(33-45(38)42)43-27-13-14-30-47(43)54(48)40-24-9-4-10-25-40/h2-33H,1,34H2/b52-50-,53-49-. The van der Waals surface area contributed by atoms with Crippen molar-refractivity contribution in [3.05, 3.63) is 211 Å². The van der Waals surface area contributed by atoms with E-state index in [-0.39, 0.29) is 0 Å². The van der Waals surface area contributed by atoms with Gasteiger partial charge in [0.25, 0.3) is 0 Å². The number of aliphatic imine (C=N–C) groups is 3. The quantitative estimate of drug-likeness (QED) is 0.118.